The molecular weight excluding hydrogens is 192 g/mol. The molecule has 0 saturated heterocycles. The van der Waals surface area contributed by atoms with Crippen LogP contribution in [0, 0.1) is 5.92 Å². The Morgan fingerprint density at radius 3 is 2.31 bits per heavy atom. The summed E-state index contributed by atoms with van der Waals surface area (Å²) in [5.74, 6) is -0.239. The highest BCUT2D eigenvalue weighted by molar-refractivity contribution is 7.88. The van der Waals surface area contributed by atoms with E-state index in [-0.39, 0.29) is 11.8 Å². The van der Waals surface area contributed by atoms with Crippen LogP contribution in [0.1, 0.15) is 25.7 Å². The summed E-state index contributed by atoms with van der Waals surface area (Å²) in [6, 6.07) is 0. The number of hydrazine groups is 1. The molecular formula is C7H14N2O3S. The Labute approximate surface area is 77.9 Å². The fraction of sp³-hybridized carbons (Fsp3) is 0.857. The molecule has 1 rings (SSSR count). The lowest BCUT2D eigenvalue weighted by molar-refractivity contribution is -0.125. The summed E-state index contributed by atoms with van der Waals surface area (Å²) in [5, 5.41) is 0. The van der Waals surface area contributed by atoms with E-state index in [1.807, 2.05) is 4.83 Å². The first-order valence-electron chi connectivity index (χ1n) is 4.26. The summed E-state index contributed by atoms with van der Waals surface area (Å²) in [7, 11) is -3.33. The molecule has 1 amide bonds. The number of hydrogen-bond donors (Lipinski definition) is 2. The van der Waals surface area contributed by atoms with Crippen LogP contribution in [-0.2, 0) is 14.8 Å². The molecule has 0 heterocycles. The molecule has 5 nitrogen and oxygen atoms in total. The summed E-state index contributed by atoms with van der Waals surface area (Å²) in [4.78, 5) is 13.2. The number of sulfonamides is 1. The Balaban J connectivity index is 2.33. The van der Waals surface area contributed by atoms with Crippen molar-refractivity contribution in [2.45, 2.75) is 25.7 Å². The molecule has 76 valence electrons. The van der Waals surface area contributed by atoms with E-state index in [1.54, 1.807) is 0 Å². The van der Waals surface area contributed by atoms with Gasteiger partial charge in [-0.3, -0.25) is 10.2 Å². The van der Waals surface area contributed by atoms with Gasteiger partial charge in [-0.05, 0) is 12.8 Å². The van der Waals surface area contributed by atoms with Gasteiger partial charge in [-0.15, -0.1) is 4.83 Å². The van der Waals surface area contributed by atoms with Crippen LogP contribution in [0.3, 0.4) is 0 Å². The number of rotatable bonds is 3. The van der Waals surface area contributed by atoms with Gasteiger partial charge in [-0.25, -0.2) is 8.42 Å². The van der Waals surface area contributed by atoms with E-state index in [9.17, 15) is 13.2 Å². The topological polar surface area (TPSA) is 75.3 Å². The summed E-state index contributed by atoms with van der Waals surface area (Å²) in [6.07, 6.45) is 4.82. The second-order valence-electron chi connectivity index (χ2n) is 3.34. The number of carbonyl (C=O) groups is 1. The number of nitrogens with one attached hydrogen (secondary N) is 2. The fourth-order valence-corrected chi connectivity index (χ4v) is 1.72. The number of carbonyl (C=O) groups excluding carboxylic acids is 1. The van der Waals surface area contributed by atoms with Crippen molar-refractivity contribution in [1.29, 1.82) is 0 Å². The predicted octanol–water partition coefficient (Wildman–Crippen LogP) is -0.243. The van der Waals surface area contributed by atoms with Crippen molar-refractivity contribution < 1.29 is 13.2 Å². The average molecular weight is 206 g/mol. The smallest absolute Gasteiger partial charge is 0.238 e. The molecule has 0 aromatic rings. The first-order valence-corrected chi connectivity index (χ1v) is 6.15. The van der Waals surface area contributed by atoms with Crippen molar-refractivity contribution in [2.24, 2.45) is 5.92 Å². The molecule has 0 unspecified atom stereocenters. The highest BCUT2D eigenvalue weighted by Crippen LogP contribution is 2.24. The SMILES string of the molecule is CS(=O)(=O)NNC(=O)C1CCCC1. The van der Waals surface area contributed by atoms with Crippen LogP contribution in [0.25, 0.3) is 0 Å². The van der Waals surface area contributed by atoms with E-state index in [4.69, 9.17) is 0 Å². The lowest BCUT2D eigenvalue weighted by Crippen LogP contribution is -2.43. The third-order valence-corrected chi connectivity index (χ3v) is 2.56. The Bertz CT molecular complexity index is 280. The molecule has 0 spiro atoms. The first-order chi connectivity index (χ1) is 5.99. The average Bonchev–Trinajstić information content (AvgIpc) is 2.50. The Kier molecular flexibility index (Phi) is 3.27. The third kappa shape index (κ3) is 3.73. The molecule has 1 fully saturated rings. The Morgan fingerprint density at radius 2 is 1.85 bits per heavy atom. The number of hydrogen-bond acceptors (Lipinski definition) is 3. The minimum absolute atomic E-state index is 0.0192. The van der Waals surface area contributed by atoms with Gasteiger partial charge in [0.25, 0.3) is 0 Å². The molecule has 0 bridgehead atoms. The van der Waals surface area contributed by atoms with Crippen LogP contribution >= 0.6 is 0 Å². The summed E-state index contributed by atoms with van der Waals surface area (Å²) >= 11 is 0. The maximum Gasteiger partial charge on any atom is 0.238 e. The van der Waals surface area contributed by atoms with Crippen molar-refractivity contribution >= 4 is 15.9 Å². The van der Waals surface area contributed by atoms with Crippen molar-refractivity contribution in [2.75, 3.05) is 6.26 Å². The molecule has 1 saturated carbocycles. The molecule has 0 aliphatic heterocycles. The third-order valence-electron chi connectivity index (χ3n) is 2.09. The lowest BCUT2D eigenvalue weighted by Gasteiger charge is -2.09. The summed E-state index contributed by atoms with van der Waals surface area (Å²) < 4.78 is 21.2. The zero-order valence-corrected chi connectivity index (χ0v) is 8.36. The molecule has 2 N–H and O–H groups in total. The highest BCUT2D eigenvalue weighted by atomic mass is 32.2. The predicted molar refractivity (Wildman–Crippen MR) is 48.1 cm³/mol. The van der Waals surface area contributed by atoms with E-state index in [1.165, 1.54) is 0 Å². The lowest BCUT2D eigenvalue weighted by atomic mass is 10.1. The highest BCUT2D eigenvalue weighted by Gasteiger charge is 2.22. The standard InChI is InChI=1S/C7H14N2O3S/c1-13(11,12)9-8-7(10)6-4-2-3-5-6/h6,9H,2-5H2,1H3,(H,8,10). The van der Waals surface area contributed by atoms with Gasteiger partial charge in [0.2, 0.25) is 15.9 Å². The van der Waals surface area contributed by atoms with E-state index in [0.29, 0.717) is 0 Å². The largest absolute Gasteiger partial charge is 0.278 e. The van der Waals surface area contributed by atoms with Crippen LogP contribution in [0.4, 0.5) is 0 Å². The first kappa shape index (κ1) is 10.5. The molecule has 13 heavy (non-hydrogen) atoms. The second-order valence-corrected chi connectivity index (χ2v) is 5.09. The van der Waals surface area contributed by atoms with Crippen molar-refractivity contribution in [3.8, 4) is 0 Å². The van der Waals surface area contributed by atoms with Crippen LogP contribution in [0.15, 0.2) is 0 Å². The zero-order valence-electron chi connectivity index (χ0n) is 7.54. The van der Waals surface area contributed by atoms with Crippen molar-refractivity contribution in [1.82, 2.24) is 10.3 Å². The van der Waals surface area contributed by atoms with Gasteiger partial charge in [0.15, 0.2) is 0 Å². The van der Waals surface area contributed by atoms with Crippen LogP contribution < -0.4 is 10.3 Å². The normalized spacial score (nSPS) is 18.8. The zero-order chi connectivity index (χ0) is 9.90. The molecule has 0 atom stereocenters. The quantitative estimate of drug-likeness (QED) is 0.626. The Morgan fingerprint density at radius 1 is 1.31 bits per heavy atom. The minimum atomic E-state index is -3.33. The van der Waals surface area contributed by atoms with E-state index >= 15 is 0 Å². The maximum atomic E-state index is 11.3. The van der Waals surface area contributed by atoms with Gasteiger partial charge in [-0.2, -0.15) is 0 Å². The maximum absolute atomic E-state index is 11.3. The van der Waals surface area contributed by atoms with Gasteiger partial charge >= 0.3 is 0 Å². The van der Waals surface area contributed by atoms with Crippen molar-refractivity contribution in [3.63, 3.8) is 0 Å². The van der Waals surface area contributed by atoms with E-state index in [2.05, 4.69) is 5.43 Å². The summed E-state index contributed by atoms with van der Waals surface area (Å²) in [6.45, 7) is 0. The molecule has 1 aliphatic rings. The van der Waals surface area contributed by atoms with Crippen molar-refractivity contribution in [3.05, 3.63) is 0 Å². The molecule has 0 radical (unpaired) electrons. The van der Waals surface area contributed by atoms with Crippen LogP contribution in [0.2, 0.25) is 0 Å². The number of amides is 1. The molecule has 0 aromatic carbocycles. The molecule has 6 heteroatoms. The molecule has 1 aliphatic carbocycles. The van der Waals surface area contributed by atoms with Gasteiger partial charge < -0.3 is 0 Å². The van der Waals surface area contributed by atoms with Crippen LogP contribution in [0.5, 0.6) is 0 Å². The van der Waals surface area contributed by atoms with E-state index in [0.717, 1.165) is 31.9 Å². The monoisotopic (exact) mass is 206 g/mol. The minimum Gasteiger partial charge on any atom is -0.278 e. The van der Waals surface area contributed by atoms with Gasteiger partial charge in [0, 0.05) is 5.92 Å². The van der Waals surface area contributed by atoms with Gasteiger partial charge in [0.05, 0.1) is 6.26 Å². The van der Waals surface area contributed by atoms with E-state index < -0.39 is 10.0 Å². The van der Waals surface area contributed by atoms with Gasteiger partial charge in [-0.1, -0.05) is 12.8 Å². The molecule has 0 aromatic heterocycles. The Hall–Kier alpha value is -0.620. The summed E-state index contributed by atoms with van der Waals surface area (Å²) in [5.41, 5.74) is 2.19. The fourth-order valence-electron chi connectivity index (χ4n) is 1.43. The van der Waals surface area contributed by atoms with Crippen LogP contribution in [-0.4, -0.2) is 20.6 Å². The second kappa shape index (κ2) is 4.06. The van der Waals surface area contributed by atoms with Gasteiger partial charge in [0.1, 0.15) is 0 Å².